The largest absolute Gasteiger partial charge is 0.489 e. The molecule has 0 saturated heterocycles. The predicted octanol–water partition coefficient (Wildman–Crippen LogP) is 4.91. The second-order valence-electron chi connectivity index (χ2n) is 6.31. The van der Waals surface area contributed by atoms with Crippen molar-refractivity contribution in [2.24, 2.45) is 0 Å². The Hall–Kier alpha value is -2.16. The van der Waals surface area contributed by atoms with E-state index in [0.717, 1.165) is 33.6 Å². The summed E-state index contributed by atoms with van der Waals surface area (Å²) in [5.74, 6) is 1.48. The number of nitrogens with zero attached hydrogens (tertiary/aromatic N) is 2. The lowest BCUT2D eigenvalue weighted by molar-refractivity contribution is 0.251. The lowest BCUT2D eigenvalue weighted by atomic mass is 10.2. The van der Waals surface area contributed by atoms with E-state index in [0.29, 0.717) is 16.3 Å². The van der Waals surface area contributed by atoms with Crippen LogP contribution in [-0.2, 0) is 6.61 Å². The van der Waals surface area contributed by atoms with Gasteiger partial charge in [0, 0.05) is 16.7 Å². The van der Waals surface area contributed by atoms with Gasteiger partial charge in [-0.2, -0.15) is 0 Å². The van der Waals surface area contributed by atoms with Gasteiger partial charge in [-0.05, 0) is 36.2 Å². The van der Waals surface area contributed by atoms with Crippen molar-refractivity contribution in [1.82, 2.24) is 9.66 Å². The van der Waals surface area contributed by atoms with E-state index < -0.39 is 0 Å². The highest BCUT2D eigenvalue weighted by Crippen LogP contribution is 2.41. The monoisotopic (exact) mass is 432 g/mol. The molecule has 0 radical (unpaired) electrons. The first kappa shape index (κ1) is 17.9. The first-order chi connectivity index (χ1) is 13.7. The summed E-state index contributed by atoms with van der Waals surface area (Å²) in [5.41, 5.74) is 6.07. The van der Waals surface area contributed by atoms with Crippen LogP contribution in [0.2, 0.25) is 5.02 Å². The van der Waals surface area contributed by atoms with Crippen LogP contribution in [0.3, 0.4) is 0 Å². The zero-order chi connectivity index (χ0) is 19.1. The van der Waals surface area contributed by atoms with Crippen molar-refractivity contribution in [3.8, 4) is 11.5 Å². The van der Waals surface area contributed by atoms with Gasteiger partial charge in [0.05, 0.1) is 11.9 Å². The third-order valence-electron chi connectivity index (χ3n) is 4.47. The van der Waals surface area contributed by atoms with Crippen molar-refractivity contribution < 1.29 is 9.47 Å². The molecule has 2 aliphatic heterocycles. The van der Waals surface area contributed by atoms with Gasteiger partial charge in [-0.25, -0.2) is 9.66 Å². The number of benzene rings is 2. The number of rotatable bonds is 5. The molecule has 0 saturated carbocycles. The summed E-state index contributed by atoms with van der Waals surface area (Å²) in [6.45, 7) is 0.405. The van der Waals surface area contributed by atoms with Crippen LogP contribution in [0.4, 0.5) is 5.69 Å². The predicted molar refractivity (Wildman–Crippen MR) is 114 cm³/mol. The first-order valence-corrected chi connectivity index (χ1v) is 11.2. The number of imidazole rings is 1. The van der Waals surface area contributed by atoms with Crippen molar-refractivity contribution in [2.75, 3.05) is 17.0 Å². The van der Waals surface area contributed by atoms with Crippen molar-refractivity contribution in [1.29, 1.82) is 0 Å². The Bertz CT molecular complexity index is 1010. The number of anilines is 1. The van der Waals surface area contributed by atoms with E-state index in [2.05, 4.69) is 22.0 Å². The van der Waals surface area contributed by atoms with Crippen LogP contribution < -0.4 is 20.2 Å². The molecule has 2 aromatic carbocycles. The maximum atomic E-state index is 6.19. The average Bonchev–Trinajstić information content (AvgIpc) is 3.39. The zero-order valence-corrected chi connectivity index (χ0v) is 17.3. The summed E-state index contributed by atoms with van der Waals surface area (Å²) >= 11 is 9.64. The highest BCUT2D eigenvalue weighted by Gasteiger charge is 2.30. The molecule has 3 heterocycles. The summed E-state index contributed by atoms with van der Waals surface area (Å²) in [7, 11) is 0. The molecule has 2 unspecified atom stereocenters. The van der Waals surface area contributed by atoms with Gasteiger partial charge in [0.2, 0.25) is 6.23 Å². The molecular formula is C19H17ClN4O2S2. The van der Waals surface area contributed by atoms with Crippen molar-refractivity contribution in [2.45, 2.75) is 22.7 Å². The zero-order valence-electron chi connectivity index (χ0n) is 14.9. The van der Waals surface area contributed by atoms with Gasteiger partial charge in [-0.1, -0.05) is 29.8 Å². The summed E-state index contributed by atoms with van der Waals surface area (Å²) in [5, 5.41) is 5.00. The number of halogens is 1. The van der Waals surface area contributed by atoms with Crippen LogP contribution in [0.5, 0.6) is 11.5 Å². The van der Waals surface area contributed by atoms with E-state index in [1.807, 2.05) is 53.3 Å². The molecule has 28 heavy (non-hydrogen) atoms. The van der Waals surface area contributed by atoms with E-state index in [9.17, 15) is 0 Å². The maximum Gasteiger partial charge on any atom is 0.215 e. The molecule has 9 heteroatoms. The highest BCUT2D eigenvalue weighted by atomic mass is 35.5. The van der Waals surface area contributed by atoms with Gasteiger partial charge in [0.25, 0.3) is 0 Å². The molecule has 2 aliphatic rings. The van der Waals surface area contributed by atoms with Gasteiger partial charge in [-0.15, -0.1) is 11.8 Å². The highest BCUT2D eigenvalue weighted by molar-refractivity contribution is 8.16. The molecular weight excluding hydrogens is 416 g/mol. The fraction of sp³-hybridized carbons (Fsp3) is 0.211. The second kappa shape index (κ2) is 7.35. The average molecular weight is 433 g/mol. The molecule has 0 spiro atoms. The SMILES string of the molecule is CSC1Nn2cc(C3Nc4ccc(OCc5ccccc5Cl)cc4O3)nc2S1. The Labute approximate surface area is 175 Å². The van der Waals surface area contributed by atoms with Crippen LogP contribution in [0.1, 0.15) is 17.5 Å². The smallest absolute Gasteiger partial charge is 0.215 e. The van der Waals surface area contributed by atoms with Crippen LogP contribution >= 0.6 is 35.1 Å². The summed E-state index contributed by atoms with van der Waals surface area (Å²) in [6.07, 6.45) is 3.72. The van der Waals surface area contributed by atoms with Crippen LogP contribution in [0.15, 0.2) is 53.8 Å². The molecule has 5 rings (SSSR count). The number of ether oxygens (including phenoxy) is 2. The number of aromatic nitrogens is 2. The van der Waals surface area contributed by atoms with Gasteiger partial charge < -0.3 is 20.2 Å². The minimum absolute atomic E-state index is 0.295. The Balaban J connectivity index is 1.27. The summed E-state index contributed by atoms with van der Waals surface area (Å²) in [6, 6.07) is 13.4. The van der Waals surface area contributed by atoms with E-state index in [1.54, 1.807) is 23.5 Å². The molecule has 1 aromatic heterocycles. The minimum atomic E-state index is -0.318. The second-order valence-corrected chi connectivity index (χ2v) is 9.03. The molecule has 6 nitrogen and oxygen atoms in total. The lowest BCUT2D eigenvalue weighted by Gasteiger charge is -2.10. The van der Waals surface area contributed by atoms with Crippen LogP contribution in [0, 0.1) is 0 Å². The maximum absolute atomic E-state index is 6.19. The van der Waals surface area contributed by atoms with E-state index in [4.69, 9.17) is 21.1 Å². The fourth-order valence-corrected chi connectivity index (χ4v) is 4.82. The molecule has 0 fully saturated rings. The quantitative estimate of drug-likeness (QED) is 0.593. The molecule has 2 atom stereocenters. The third kappa shape index (κ3) is 3.36. The molecule has 0 amide bonds. The number of hydrogen-bond donors (Lipinski definition) is 2. The van der Waals surface area contributed by atoms with Crippen LogP contribution in [-0.4, -0.2) is 20.6 Å². The Kier molecular flexibility index (Phi) is 4.70. The van der Waals surface area contributed by atoms with Gasteiger partial charge in [0.15, 0.2) is 5.16 Å². The van der Waals surface area contributed by atoms with E-state index in [1.165, 1.54) is 0 Å². The lowest BCUT2D eigenvalue weighted by Crippen LogP contribution is -2.15. The van der Waals surface area contributed by atoms with Crippen molar-refractivity contribution in [3.63, 3.8) is 0 Å². The van der Waals surface area contributed by atoms with Gasteiger partial charge in [-0.3, -0.25) is 0 Å². The molecule has 0 aliphatic carbocycles. The van der Waals surface area contributed by atoms with Crippen molar-refractivity contribution >= 4 is 40.8 Å². The summed E-state index contributed by atoms with van der Waals surface area (Å²) < 4.78 is 14.2. The fourth-order valence-electron chi connectivity index (χ4n) is 3.04. The number of fused-ring (bicyclic) bond motifs is 2. The Morgan fingerprint density at radius 3 is 3.04 bits per heavy atom. The minimum Gasteiger partial charge on any atom is -0.489 e. The molecule has 2 N–H and O–H groups in total. The third-order valence-corrected chi connectivity index (χ3v) is 7.06. The standard InChI is InChI=1S/C19H17ClN4O2S2/c1-27-19-23-24-9-15(22-18(24)28-19)17-21-14-7-6-12(8-16(14)26-17)25-10-11-4-2-3-5-13(11)20/h2-9,17,19,21,23H,10H2,1H3. The Morgan fingerprint density at radius 2 is 2.21 bits per heavy atom. The van der Waals surface area contributed by atoms with E-state index >= 15 is 0 Å². The molecule has 3 aromatic rings. The van der Waals surface area contributed by atoms with Crippen LogP contribution in [0.25, 0.3) is 0 Å². The topological polar surface area (TPSA) is 60.3 Å². The van der Waals surface area contributed by atoms with E-state index in [-0.39, 0.29) is 6.23 Å². The van der Waals surface area contributed by atoms with Gasteiger partial charge in [0.1, 0.15) is 28.5 Å². The Morgan fingerprint density at radius 1 is 1.32 bits per heavy atom. The number of thioether (sulfide) groups is 2. The number of hydrogen-bond acceptors (Lipinski definition) is 7. The van der Waals surface area contributed by atoms with Crippen molar-refractivity contribution in [3.05, 3.63) is 64.9 Å². The molecule has 144 valence electrons. The first-order valence-electron chi connectivity index (χ1n) is 8.68. The number of nitrogens with one attached hydrogen (secondary N) is 2. The molecule has 0 bridgehead atoms. The summed E-state index contributed by atoms with van der Waals surface area (Å²) in [4.78, 5) is 4.68. The van der Waals surface area contributed by atoms with Gasteiger partial charge >= 0.3 is 0 Å². The normalized spacial score (nSPS) is 19.4.